The van der Waals surface area contributed by atoms with Crippen molar-refractivity contribution in [2.75, 3.05) is 0 Å². The highest BCUT2D eigenvalue weighted by Crippen LogP contribution is 2.40. The fourth-order valence-corrected chi connectivity index (χ4v) is 4.73. The van der Waals surface area contributed by atoms with Crippen LogP contribution in [0.2, 0.25) is 0 Å². The van der Waals surface area contributed by atoms with Crippen LogP contribution in [-0.2, 0) is 4.79 Å². The van der Waals surface area contributed by atoms with Crippen molar-refractivity contribution in [1.29, 1.82) is 0 Å². The average molecular weight is 358 g/mol. The predicted molar refractivity (Wildman–Crippen MR) is 91.1 cm³/mol. The molecule has 3 atom stereocenters. The summed E-state index contributed by atoms with van der Waals surface area (Å²) in [6.07, 6.45) is 7.82. The van der Waals surface area contributed by atoms with E-state index in [2.05, 4.69) is 15.0 Å². The Morgan fingerprint density at radius 3 is 2.72 bits per heavy atom. The zero-order valence-corrected chi connectivity index (χ0v) is 14.4. The molecule has 1 saturated heterocycles. The lowest BCUT2D eigenvalue weighted by atomic mass is 9.84. The first-order valence-corrected chi connectivity index (χ1v) is 9.31. The van der Waals surface area contributed by atoms with Crippen LogP contribution in [0, 0.1) is 5.92 Å². The highest BCUT2D eigenvalue weighted by molar-refractivity contribution is 7.13. The van der Waals surface area contributed by atoms with Crippen molar-refractivity contribution in [3.63, 3.8) is 0 Å². The van der Waals surface area contributed by atoms with E-state index in [9.17, 15) is 14.7 Å². The van der Waals surface area contributed by atoms with E-state index in [0.29, 0.717) is 17.3 Å². The molecule has 1 saturated carbocycles. The normalized spacial score (nSPS) is 25.6. The number of hydrogen-bond donors (Lipinski definition) is 1. The van der Waals surface area contributed by atoms with Crippen LogP contribution in [0.5, 0.6) is 0 Å². The van der Waals surface area contributed by atoms with Crippen molar-refractivity contribution < 1.29 is 14.7 Å². The van der Waals surface area contributed by atoms with Gasteiger partial charge in [-0.1, -0.05) is 12.8 Å². The Balaban J connectivity index is 1.63. The van der Waals surface area contributed by atoms with E-state index in [1.807, 2.05) is 0 Å². The van der Waals surface area contributed by atoms with Crippen molar-refractivity contribution in [1.82, 2.24) is 19.9 Å². The number of fused-ring (bicyclic) bond motifs is 1. The van der Waals surface area contributed by atoms with Crippen LogP contribution in [-0.4, -0.2) is 48.9 Å². The van der Waals surface area contributed by atoms with Crippen LogP contribution in [0.15, 0.2) is 23.8 Å². The smallest absolute Gasteiger partial charge is 0.326 e. The molecule has 1 aliphatic heterocycles. The summed E-state index contributed by atoms with van der Waals surface area (Å²) < 4.78 is 0. The van der Waals surface area contributed by atoms with Gasteiger partial charge in [-0.05, 0) is 31.2 Å². The molecule has 2 aromatic heterocycles. The molecule has 0 bridgehead atoms. The second-order valence-electron chi connectivity index (χ2n) is 6.52. The number of aromatic nitrogens is 3. The van der Waals surface area contributed by atoms with Gasteiger partial charge in [-0.15, -0.1) is 11.3 Å². The Morgan fingerprint density at radius 2 is 1.96 bits per heavy atom. The van der Waals surface area contributed by atoms with Crippen LogP contribution < -0.4 is 0 Å². The fourth-order valence-electron chi connectivity index (χ4n) is 3.99. The number of hydrogen-bond acceptors (Lipinski definition) is 6. The predicted octanol–water partition coefficient (Wildman–Crippen LogP) is 2.46. The first-order valence-electron chi connectivity index (χ1n) is 8.43. The standard InChI is InChI=1S/C17H18N4O3S/c22-16(11-9-25-15(20-11)14-18-6-3-7-19-14)21-12-5-2-1-4-10(12)8-13(21)17(23)24/h3,6-7,9-10,12-13H,1-2,4-5,8H2,(H,23,24)/t10-,12+,13-/m0/s1. The highest BCUT2D eigenvalue weighted by atomic mass is 32.1. The number of carboxylic acids is 1. The van der Waals surface area contributed by atoms with E-state index in [-0.39, 0.29) is 23.6 Å². The van der Waals surface area contributed by atoms with Gasteiger partial charge in [0.1, 0.15) is 11.7 Å². The molecular formula is C17H18N4O3S. The molecule has 0 radical (unpaired) electrons. The van der Waals surface area contributed by atoms with E-state index in [0.717, 1.165) is 25.7 Å². The molecule has 0 spiro atoms. The van der Waals surface area contributed by atoms with Gasteiger partial charge in [0.05, 0.1) is 0 Å². The van der Waals surface area contributed by atoms with Crippen LogP contribution in [0.3, 0.4) is 0 Å². The number of rotatable bonds is 3. The third-order valence-electron chi connectivity index (χ3n) is 5.09. The third kappa shape index (κ3) is 2.90. The molecule has 0 unspecified atom stereocenters. The van der Waals surface area contributed by atoms with Crippen molar-refractivity contribution >= 4 is 23.2 Å². The minimum absolute atomic E-state index is 0.0143. The molecule has 130 valence electrons. The van der Waals surface area contributed by atoms with Crippen molar-refractivity contribution in [3.05, 3.63) is 29.5 Å². The van der Waals surface area contributed by atoms with E-state index >= 15 is 0 Å². The Morgan fingerprint density at radius 1 is 1.20 bits per heavy atom. The molecule has 3 heterocycles. The first kappa shape index (κ1) is 16.1. The molecule has 2 aromatic rings. The van der Waals surface area contributed by atoms with Gasteiger partial charge in [0.2, 0.25) is 0 Å². The van der Waals surface area contributed by atoms with Gasteiger partial charge in [-0.25, -0.2) is 19.7 Å². The summed E-state index contributed by atoms with van der Waals surface area (Å²) in [7, 11) is 0. The lowest BCUT2D eigenvalue weighted by Gasteiger charge is -2.32. The number of nitrogens with zero attached hydrogens (tertiary/aromatic N) is 4. The molecule has 4 rings (SSSR count). The number of carbonyl (C=O) groups is 2. The maximum Gasteiger partial charge on any atom is 0.326 e. The summed E-state index contributed by atoms with van der Waals surface area (Å²) in [5.74, 6) is -0.461. The summed E-state index contributed by atoms with van der Waals surface area (Å²) >= 11 is 1.30. The summed E-state index contributed by atoms with van der Waals surface area (Å²) in [4.78, 5) is 38.9. The zero-order valence-electron chi connectivity index (χ0n) is 13.5. The highest BCUT2D eigenvalue weighted by Gasteiger charge is 2.48. The Kier molecular flexibility index (Phi) is 4.20. The van der Waals surface area contributed by atoms with Crippen molar-refractivity contribution in [2.45, 2.75) is 44.2 Å². The summed E-state index contributed by atoms with van der Waals surface area (Å²) in [6, 6.07) is 0.979. The monoisotopic (exact) mass is 358 g/mol. The third-order valence-corrected chi connectivity index (χ3v) is 5.93. The number of amides is 1. The fraction of sp³-hybridized carbons (Fsp3) is 0.471. The number of likely N-dealkylation sites (tertiary alicyclic amines) is 1. The quantitative estimate of drug-likeness (QED) is 0.905. The van der Waals surface area contributed by atoms with Gasteiger partial charge in [-0.2, -0.15) is 0 Å². The second-order valence-corrected chi connectivity index (χ2v) is 7.38. The minimum atomic E-state index is -0.926. The van der Waals surface area contributed by atoms with E-state index in [1.165, 1.54) is 11.3 Å². The Hall–Kier alpha value is -2.35. The van der Waals surface area contributed by atoms with Gasteiger partial charge in [0, 0.05) is 23.8 Å². The second kappa shape index (κ2) is 6.51. The molecule has 2 fully saturated rings. The SMILES string of the molecule is O=C(O)[C@@H]1C[C@@H]2CCCC[C@H]2N1C(=O)c1csc(-c2ncccn2)n1. The zero-order chi connectivity index (χ0) is 17.4. The number of carbonyl (C=O) groups excluding carboxylic acids is 1. The topological polar surface area (TPSA) is 96.3 Å². The first-order chi connectivity index (χ1) is 12.1. The van der Waals surface area contributed by atoms with Gasteiger partial charge in [-0.3, -0.25) is 4.79 Å². The molecule has 8 heteroatoms. The summed E-state index contributed by atoms with van der Waals surface area (Å²) in [5.41, 5.74) is 0.282. The lowest BCUT2D eigenvalue weighted by Crippen LogP contribution is -2.46. The molecule has 2 aliphatic rings. The van der Waals surface area contributed by atoms with Crippen molar-refractivity contribution in [3.8, 4) is 10.8 Å². The largest absolute Gasteiger partial charge is 0.480 e. The number of thiazole rings is 1. The molecule has 0 aromatic carbocycles. The average Bonchev–Trinajstić information content (AvgIpc) is 3.27. The van der Waals surface area contributed by atoms with Crippen LogP contribution in [0.25, 0.3) is 10.8 Å². The lowest BCUT2D eigenvalue weighted by molar-refractivity contribution is -0.141. The Labute approximate surface area is 148 Å². The Bertz CT molecular complexity index is 794. The molecule has 1 aliphatic carbocycles. The van der Waals surface area contributed by atoms with E-state index < -0.39 is 12.0 Å². The van der Waals surface area contributed by atoms with Crippen LogP contribution in [0.1, 0.15) is 42.6 Å². The number of aliphatic carboxylic acids is 1. The summed E-state index contributed by atoms with van der Waals surface area (Å²) in [5, 5.41) is 11.8. The summed E-state index contributed by atoms with van der Waals surface area (Å²) in [6.45, 7) is 0. The van der Waals surface area contributed by atoms with Gasteiger partial charge < -0.3 is 10.0 Å². The van der Waals surface area contributed by atoms with Crippen LogP contribution >= 0.6 is 11.3 Å². The van der Waals surface area contributed by atoms with Gasteiger partial charge >= 0.3 is 5.97 Å². The maximum atomic E-state index is 13.0. The molecular weight excluding hydrogens is 340 g/mol. The maximum absolute atomic E-state index is 13.0. The van der Waals surface area contributed by atoms with E-state index in [1.54, 1.807) is 28.7 Å². The molecule has 7 nitrogen and oxygen atoms in total. The minimum Gasteiger partial charge on any atom is -0.480 e. The van der Waals surface area contributed by atoms with E-state index in [4.69, 9.17) is 0 Å². The van der Waals surface area contributed by atoms with Crippen molar-refractivity contribution in [2.24, 2.45) is 5.92 Å². The molecule has 1 N–H and O–H groups in total. The molecule has 1 amide bonds. The van der Waals surface area contributed by atoms with Crippen LogP contribution in [0.4, 0.5) is 0 Å². The van der Waals surface area contributed by atoms with Gasteiger partial charge in [0.25, 0.3) is 5.91 Å². The molecule has 25 heavy (non-hydrogen) atoms. The number of carboxylic acid groups (broad SMARTS) is 1. The van der Waals surface area contributed by atoms with Gasteiger partial charge in [0.15, 0.2) is 10.8 Å².